The molecule has 1 atom stereocenters. The lowest BCUT2D eigenvalue weighted by Crippen LogP contribution is -2.43. The van der Waals surface area contributed by atoms with Crippen molar-refractivity contribution < 1.29 is 13.9 Å². The third kappa shape index (κ3) is 4.52. The van der Waals surface area contributed by atoms with Crippen LogP contribution < -0.4 is 10.1 Å². The highest BCUT2D eigenvalue weighted by atomic mass is 19.1. The van der Waals surface area contributed by atoms with E-state index >= 15 is 0 Å². The number of halogens is 1. The van der Waals surface area contributed by atoms with Gasteiger partial charge >= 0.3 is 0 Å². The van der Waals surface area contributed by atoms with Crippen LogP contribution in [-0.4, -0.2) is 52.9 Å². The Balaban J connectivity index is 1.26. The summed E-state index contributed by atoms with van der Waals surface area (Å²) in [6.45, 7) is 3.54. The molecule has 3 heterocycles. The zero-order valence-electron chi connectivity index (χ0n) is 16.0. The summed E-state index contributed by atoms with van der Waals surface area (Å²) in [7, 11) is 0. The Morgan fingerprint density at radius 2 is 2.04 bits per heavy atom. The number of benzene rings is 1. The number of amides is 1. The molecular formula is C21H27FN4O2. The predicted octanol–water partition coefficient (Wildman–Crippen LogP) is 2.56. The molecule has 1 aromatic heterocycles. The van der Waals surface area contributed by atoms with Gasteiger partial charge in [0.05, 0.1) is 5.69 Å². The van der Waals surface area contributed by atoms with Crippen LogP contribution in [0.1, 0.15) is 37.3 Å². The van der Waals surface area contributed by atoms with Gasteiger partial charge in [-0.25, -0.2) is 4.39 Å². The first-order valence-electron chi connectivity index (χ1n) is 10.1. The van der Waals surface area contributed by atoms with Crippen molar-refractivity contribution in [3.05, 3.63) is 48.0 Å². The fraction of sp³-hybridized carbons (Fsp3) is 0.524. The van der Waals surface area contributed by atoms with Gasteiger partial charge in [-0.1, -0.05) is 12.1 Å². The Kier molecular flexibility index (Phi) is 5.90. The molecule has 150 valence electrons. The van der Waals surface area contributed by atoms with Crippen molar-refractivity contribution >= 4 is 5.91 Å². The van der Waals surface area contributed by atoms with Crippen LogP contribution in [0.15, 0.2) is 36.5 Å². The quantitative estimate of drug-likeness (QED) is 0.858. The minimum Gasteiger partial charge on any atom is -0.487 e. The summed E-state index contributed by atoms with van der Waals surface area (Å²) in [6.07, 6.45) is 5.57. The molecule has 0 spiro atoms. The van der Waals surface area contributed by atoms with E-state index in [4.69, 9.17) is 4.74 Å². The molecule has 0 bridgehead atoms. The van der Waals surface area contributed by atoms with E-state index in [0.29, 0.717) is 31.8 Å². The maximum atomic E-state index is 13.7. The molecule has 28 heavy (non-hydrogen) atoms. The maximum Gasteiger partial charge on any atom is 0.244 e. The molecule has 1 N–H and O–H groups in total. The summed E-state index contributed by atoms with van der Waals surface area (Å²) in [5.41, 5.74) is 1.07. The van der Waals surface area contributed by atoms with E-state index < -0.39 is 0 Å². The molecule has 2 aliphatic rings. The number of hydrogen-bond acceptors (Lipinski definition) is 4. The van der Waals surface area contributed by atoms with E-state index in [0.717, 1.165) is 25.2 Å². The lowest BCUT2D eigenvalue weighted by atomic mass is 9.97. The van der Waals surface area contributed by atoms with Crippen molar-refractivity contribution in [2.75, 3.05) is 26.2 Å². The van der Waals surface area contributed by atoms with Gasteiger partial charge in [0.25, 0.3) is 0 Å². The molecule has 6 nitrogen and oxygen atoms in total. The molecule has 2 aromatic rings. The third-order valence-corrected chi connectivity index (χ3v) is 5.60. The summed E-state index contributed by atoms with van der Waals surface area (Å²) >= 11 is 0. The fourth-order valence-corrected chi connectivity index (χ4v) is 3.97. The molecule has 0 radical (unpaired) electrons. The van der Waals surface area contributed by atoms with Crippen molar-refractivity contribution in [3.8, 4) is 5.75 Å². The van der Waals surface area contributed by atoms with Crippen LogP contribution in [0.2, 0.25) is 0 Å². The topological polar surface area (TPSA) is 59.4 Å². The monoisotopic (exact) mass is 386 g/mol. The largest absolute Gasteiger partial charge is 0.487 e. The predicted molar refractivity (Wildman–Crippen MR) is 104 cm³/mol. The number of carbonyl (C=O) groups is 1. The highest BCUT2D eigenvalue weighted by Crippen LogP contribution is 2.23. The van der Waals surface area contributed by atoms with Crippen LogP contribution in [0, 0.1) is 5.82 Å². The molecule has 0 unspecified atom stereocenters. The standard InChI is InChI=1S/C21H27FN4O2/c22-18-5-1-2-6-20(18)28-17-7-11-25(12-8-17)21(27)15-26-13-9-19(24-26)16-4-3-10-23-14-16/h1-2,5-6,9,13,16-17,23H,3-4,7-8,10-12,14-15H2/t16-/m0/s1. The van der Waals surface area contributed by atoms with E-state index in [1.165, 1.54) is 12.5 Å². The number of nitrogens with zero attached hydrogens (tertiary/aromatic N) is 3. The molecular weight excluding hydrogens is 359 g/mol. The first-order valence-corrected chi connectivity index (χ1v) is 10.1. The summed E-state index contributed by atoms with van der Waals surface area (Å²) < 4.78 is 21.2. The second-order valence-corrected chi connectivity index (χ2v) is 7.61. The van der Waals surface area contributed by atoms with Crippen molar-refractivity contribution in [2.24, 2.45) is 0 Å². The van der Waals surface area contributed by atoms with Gasteiger partial charge in [0, 0.05) is 44.6 Å². The van der Waals surface area contributed by atoms with Crippen LogP contribution in [-0.2, 0) is 11.3 Å². The normalized spacial score (nSPS) is 20.9. The molecule has 7 heteroatoms. The Labute approximate surface area is 164 Å². The van der Waals surface area contributed by atoms with Crippen LogP contribution in [0.3, 0.4) is 0 Å². The van der Waals surface area contributed by atoms with Crippen LogP contribution in [0.5, 0.6) is 5.75 Å². The van der Waals surface area contributed by atoms with E-state index in [1.54, 1.807) is 22.9 Å². The lowest BCUT2D eigenvalue weighted by molar-refractivity contribution is -0.133. The minimum atomic E-state index is -0.344. The number of piperidine rings is 2. The zero-order valence-corrected chi connectivity index (χ0v) is 16.0. The first kappa shape index (κ1) is 18.9. The van der Waals surface area contributed by atoms with Gasteiger partial charge in [0.1, 0.15) is 12.6 Å². The Hall–Kier alpha value is -2.41. The van der Waals surface area contributed by atoms with Gasteiger partial charge in [-0.15, -0.1) is 0 Å². The fourth-order valence-electron chi connectivity index (χ4n) is 3.97. The van der Waals surface area contributed by atoms with Crippen molar-refractivity contribution in [1.29, 1.82) is 0 Å². The average molecular weight is 386 g/mol. The van der Waals surface area contributed by atoms with Crippen LogP contribution in [0.25, 0.3) is 0 Å². The number of hydrogen-bond donors (Lipinski definition) is 1. The summed E-state index contributed by atoms with van der Waals surface area (Å²) in [4.78, 5) is 14.5. The van der Waals surface area contributed by atoms with Crippen molar-refractivity contribution in [1.82, 2.24) is 20.0 Å². The number of carbonyl (C=O) groups excluding carboxylic acids is 1. The molecule has 2 fully saturated rings. The van der Waals surface area contributed by atoms with Crippen molar-refractivity contribution in [2.45, 2.75) is 44.2 Å². The maximum absolute atomic E-state index is 13.7. The number of ether oxygens (including phenoxy) is 1. The Morgan fingerprint density at radius 1 is 1.21 bits per heavy atom. The average Bonchev–Trinajstić information content (AvgIpc) is 3.19. The summed E-state index contributed by atoms with van der Waals surface area (Å²) in [5, 5.41) is 8.01. The highest BCUT2D eigenvalue weighted by molar-refractivity contribution is 5.76. The van der Waals surface area contributed by atoms with E-state index in [9.17, 15) is 9.18 Å². The van der Waals surface area contributed by atoms with E-state index in [2.05, 4.69) is 10.4 Å². The smallest absolute Gasteiger partial charge is 0.244 e. The Morgan fingerprint density at radius 3 is 2.79 bits per heavy atom. The van der Waals surface area contributed by atoms with Gasteiger partial charge in [-0.05, 0) is 37.6 Å². The van der Waals surface area contributed by atoms with Gasteiger partial charge in [0.15, 0.2) is 11.6 Å². The zero-order chi connectivity index (χ0) is 19.3. The Bertz CT molecular complexity index is 795. The van der Waals surface area contributed by atoms with Gasteiger partial charge in [0.2, 0.25) is 5.91 Å². The van der Waals surface area contributed by atoms with Gasteiger partial charge in [-0.2, -0.15) is 5.10 Å². The van der Waals surface area contributed by atoms with Crippen molar-refractivity contribution in [3.63, 3.8) is 0 Å². The van der Waals surface area contributed by atoms with Gasteiger partial charge in [-0.3, -0.25) is 9.48 Å². The van der Waals surface area contributed by atoms with E-state index in [-0.39, 0.29) is 30.1 Å². The number of nitrogens with one attached hydrogen (secondary N) is 1. The number of rotatable bonds is 5. The highest BCUT2D eigenvalue weighted by Gasteiger charge is 2.25. The van der Waals surface area contributed by atoms with Crippen LogP contribution in [0.4, 0.5) is 4.39 Å². The molecule has 2 aliphatic heterocycles. The molecule has 0 saturated carbocycles. The molecule has 2 saturated heterocycles. The lowest BCUT2D eigenvalue weighted by Gasteiger charge is -2.32. The summed E-state index contributed by atoms with van der Waals surface area (Å²) in [5.74, 6) is 0.453. The first-order chi connectivity index (χ1) is 13.7. The molecule has 1 aromatic carbocycles. The third-order valence-electron chi connectivity index (χ3n) is 5.60. The molecule has 0 aliphatic carbocycles. The SMILES string of the molecule is O=C(Cn1ccc([C@H]2CCCNC2)n1)N1CCC(Oc2ccccc2F)CC1. The number of likely N-dealkylation sites (tertiary alicyclic amines) is 1. The molecule has 1 amide bonds. The number of aromatic nitrogens is 2. The minimum absolute atomic E-state index is 0.0592. The molecule has 4 rings (SSSR count). The summed E-state index contributed by atoms with van der Waals surface area (Å²) in [6, 6.07) is 8.48. The number of para-hydroxylation sites is 1. The van der Waals surface area contributed by atoms with Crippen LogP contribution >= 0.6 is 0 Å². The second kappa shape index (κ2) is 8.73. The van der Waals surface area contributed by atoms with Gasteiger partial charge < -0.3 is 15.0 Å². The van der Waals surface area contributed by atoms with E-state index in [1.807, 2.05) is 17.2 Å². The second-order valence-electron chi connectivity index (χ2n) is 7.61.